The van der Waals surface area contributed by atoms with Gasteiger partial charge >= 0.3 is 0 Å². The van der Waals surface area contributed by atoms with E-state index in [0.29, 0.717) is 0 Å². The summed E-state index contributed by atoms with van der Waals surface area (Å²) in [5.74, 6) is 0.203. The maximum Gasteiger partial charge on any atom is 0.203 e. The van der Waals surface area contributed by atoms with Crippen molar-refractivity contribution in [3.8, 4) is 0 Å². The van der Waals surface area contributed by atoms with E-state index in [4.69, 9.17) is 0 Å². The predicted octanol–water partition coefficient (Wildman–Crippen LogP) is 4.97. The topological polar surface area (TPSA) is 17.1 Å². The minimum atomic E-state index is 0.203. The second-order valence-electron chi connectivity index (χ2n) is 5.11. The normalized spacial score (nSPS) is 10.8. The molecule has 0 radical (unpaired) electrons. The fourth-order valence-electron chi connectivity index (χ4n) is 2.61. The van der Waals surface area contributed by atoms with Crippen LogP contribution < -0.4 is 0 Å². The van der Waals surface area contributed by atoms with E-state index in [9.17, 15) is 4.79 Å². The number of carbonyl (C=O) groups is 1. The molecule has 1 aromatic heterocycles. The van der Waals surface area contributed by atoms with Gasteiger partial charge in [0.05, 0.1) is 4.88 Å². The van der Waals surface area contributed by atoms with Crippen LogP contribution in [0.25, 0.3) is 0 Å². The van der Waals surface area contributed by atoms with E-state index in [2.05, 4.69) is 32.9 Å². The molecule has 0 amide bonds. The summed E-state index contributed by atoms with van der Waals surface area (Å²) >= 11 is 1.55. The zero-order valence-electron chi connectivity index (χ0n) is 12.7. The summed E-state index contributed by atoms with van der Waals surface area (Å²) in [5.41, 5.74) is 5.75. The summed E-state index contributed by atoms with van der Waals surface area (Å²) in [6, 6.07) is 6.43. The first-order valence-corrected chi connectivity index (χ1v) is 8.23. The Bertz CT molecular complexity index is 597. The van der Waals surface area contributed by atoms with Gasteiger partial charge < -0.3 is 0 Å². The average Bonchev–Trinajstić information content (AvgIpc) is 2.91. The van der Waals surface area contributed by atoms with Crippen LogP contribution in [0.3, 0.4) is 0 Å². The lowest BCUT2D eigenvalue weighted by Crippen LogP contribution is -2.10. The SMILES string of the molecule is CCc1cc(CC)c(C(=O)c2sccc2C)c(CC)c1. The number of rotatable bonds is 5. The summed E-state index contributed by atoms with van der Waals surface area (Å²) < 4.78 is 0. The summed E-state index contributed by atoms with van der Waals surface area (Å²) in [6.07, 6.45) is 2.84. The molecule has 20 heavy (non-hydrogen) atoms. The molecular formula is C18H22OS. The van der Waals surface area contributed by atoms with Crippen molar-refractivity contribution < 1.29 is 4.79 Å². The Hall–Kier alpha value is -1.41. The average molecular weight is 286 g/mol. The van der Waals surface area contributed by atoms with Crippen LogP contribution in [0.4, 0.5) is 0 Å². The first-order chi connectivity index (χ1) is 9.62. The van der Waals surface area contributed by atoms with Gasteiger partial charge in [0.2, 0.25) is 5.78 Å². The van der Waals surface area contributed by atoms with Gasteiger partial charge in [0.25, 0.3) is 0 Å². The third-order valence-electron chi connectivity index (χ3n) is 3.83. The molecule has 0 saturated carbocycles. The van der Waals surface area contributed by atoms with Crippen LogP contribution in [0.5, 0.6) is 0 Å². The number of aryl methyl sites for hydroxylation is 4. The van der Waals surface area contributed by atoms with E-state index in [1.165, 1.54) is 16.7 Å². The highest BCUT2D eigenvalue weighted by Gasteiger charge is 2.20. The second kappa shape index (κ2) is 6.36. The van der Waals surface area contributed by atoms with Gasteiger partial charge in [0.15, 0.2) is 0 Å². The molecule has 0 unspecified atom stereocenters. The van der Waals surface area contributed by atoms with Crippen LogP contribution in [0.15, 0.2) is 23.6 Å². The molecule has 1 aromatic carbocycles. The molecule has 2 aromatic rings. The minimum Gasteiger partial charge on any atom is -0.288 e. The lowest BCUT2D eigenvalue weighted by Gasteiger charge is -2.14. The third kappa shape index (κ3) is 2.71. The molecule has 0 aliphatic heterocycles. The summed E-state index contributed by atoms with van der Waals surface area (Å²) in [6.45, 7) is 8.44. The van der Waals surface area contributed by atoms with E-state index in [0.717, 1.165) is 35.3 Å². The van der Waals surface area contributed by atoms with Crippen molar-refractivity contribution in [1.29, 1.82) is 0 Å². The minimum absolute atomic E-state index is 0.203. The Morgan fingerprint density at radius 2 is 1.65 bits per heavy atom. The lowest BCUT2D eigenvalue weighted by atomic mass is 9.90. The van der Waals surface area contributed by atoms with Crippen molar-refractivity contribution in [2.24, 2.45) is 0 Å². The number of hydrogen-bond donors (Lipinski definition) is 0. The van der Waals surface area contributed by atoms with Crippen molar-refractivity contribution in [2.45, 2.75) is 47.0 Å². The molecule has 0 N–H and O–H groups in total. The molecule has 1 nitrogen and oxygen atoms in total. The van der Waals surface area contributed by atoms with Crippen molar-refractivity contribution in [1.82, 2.24) is 0 Å². The zero-order valence-corrected chi connectivity index (χ0v) is 13.6. The number of thiophene rings is 1. The van der Waals surface area contributed by atoms with Crippen LogP contribution in [-0.4, -0.2) is 5.78 Å². The van der Waals surface area contributed by atoms with Crippen LogP contribution >= 0.6 is 11.3 Å². The Labute approximate surface area is 125 Å². The van der Waals surface area contributed by atoms with Crippen molar-refractivity contribution in [3.05, 3.63) is 56.3 Å². The molecule has 0 spiro atoms. The van der Waals surface area contributed by atoms with E-state index < -0.39 is 0 Å². The molecule has 0 fully saturated rings. The van der Waals surface area contributed by atoms with Gasteiger partial charge in [-0.1, -0.05) is 32.9 Å². The molecule has 0 atom stereocenters. The standard InChI is InChI=1S/C18H22OS/c1-5-13-10-14(6-2)16(15(7-3)11-13)17(19)18-12(4)8-9-20-18/h8-11H,5-7H2,1-4H3. The largest absolute Gasteiger partial charge is 0.288 e. The quantitative estimate of drug-likeness (QED) is 0.709. The summed E-state index contributed by atoms with van der Waals surface area (Å²) in [7, 11) is 0. The van der Waals surface area contributed by atoms with Gasteiger partial charge in [-0.3, -0.25) is 4.79 Å². The highest BCUT2D eigenvalue weighted by atomic mass is 32.1. The maximum atomic E-state index is 12.9. The fraction of sp³-hybridized carbons (Fsp3) is 0.389. The molecule has 0 aliphatic rings. The number of hydrogen-bond acceptors (Lipinski definition) is 2. The van der Waals surface area contributed by atoms with Crippen LogP contribution in [0, 0.1) is 6.92 Å². The molecule has 1 heterocycles. The molecule has 0 saturated heterocycles. The monoisotopic (exact) mass is 286 g/mol. The van der Waals surface area contributed by atoms with Crippen LogP contribution in [-0.2, 0) is 19.3 Å². The molecule has 0 aliphatic carbocycles. The van der Waals surface area contributed by atoms with Crippen molar-refractivity contribution in [2.75, 3.05) is 0 Å². The Kier molecular flexibility index (Phi) is 4.77. The van der Waals surface area contributed by atoms with E-state index >= 15 is 0 Å². The number of carbonyl (C=O) groups excluding carboxylic acids is 1. The molecule has 0 bridgehead atoms. The summed E-state index contributed by atoms with van der Waals surface area (Å²) in [4.78, 5) is 13.8. The Morgan fingerprint density at radius 3 is 2.05 bits per heavy atom. The highest BCUT2D eigenvalue weighted by molar-refractivity contribution is 7.12. The Morgan fingerprint density at radius 1 is 1.05 bits per heavy atom. The smallest absolute Gasteiger partial charge is 0.203 e. The molecule has 2 rings (SSSR count). The van der Waals surface area contributed by atoms with Crippen LogP contribution in [0.1, 0.15) is 58.3 Å². The second-order valence-corrected chi connectivity index (χ2v) is 6.03. The van der Waals surface area contributed by atoms with Gasteiger partial charge in [-0.25, -0.2) is 0 Å². The first-order valence-electron chi connectivity index (χ1n) is 7.35. The van der Waals surface area contributed by atoms with E-state index in [-0.39, 0.29) is 5.78 Å². The zero-order chi connectivity index (χ0) is 14.7. The lowest BCUT2D eigenvalue weighted by molar-refractivity contribution is 0.104. The van der Waals surface area contributed by atoms with Gasteiger partial charge in [-0.2, -0.15) is 0 Å². The van der Waals surface area contributed by atoms with Crippen molar-refractivity contribution in [3.63, 3.8) is 0 Å². The third-order valence-corrected chi connectivity index (χ3v) is 4.84. The first kappa shape index (κ1) is 15.0. The highest BCUT2D eigenvalue weighted by Crippen LogP contribution is 2.26. The molecule has 106 valence electrons. The van der Waals surface area contributed by atoms with Gasteiger partial charge in [-0.15, -0.1) is 11.3 Å². The van der Waals surface area contributed by atoms with E-state index in [1.807, 2.05) is 18.4 Å². The van der Waals surface area contributed by atoms with Crippen molar-refractivity contribution >= 4 is 17.1 Å². The molecular weight excluding hydrogens is 264 g/mol. The Balaban J connectivity index is 2.60. The molecule has 2 heteroatoms. The number of ketones is 1. The van der Waals surface area contributed by atoms with Crippen LogP contribution in [0.2, 0.25) is 0 Å². The fourth-order valence-corrected chi connectivity index (χ4v) is 3.48. The van der Waals surface area contributed by atoms with Gasteiger partial charge in [0.1, 0.15) is 0 Å². The number of benzene rings is 1. The van der Waals surface area contributed by atoms with E-state index in [1.54, 1.807) is 11.3 Å². The van der Waals surface area contributed by atoms with Gasteiger partial charge in [-0.05, 0) is 59.9 Å². The maximum absolute atomic E-state index is 12.9. The predicted molar refractivity (Wildman–Crippen MR) is 87.1 cm³/mol. The van der Waals surface area contributed by atoms with Gasteiger partial charge in [0, 0.05) is 5.56 Å². The summed E-state index contributed by atoms with van der Waals surface area (Å²) in [5, 5.41) is 2.00.